The molecule has 0 aliphatic rings. The van der Waals surface area contributed by atoms with Crippen LogP contribution in [0.15, 0.2) is 109 Å². The molecule has 0 fully saturated rings. The Labute approximate surface area is 296 Å². The van der Waals surface area contributed by atoms with Crippen LogP contribution >= 0.6 is 0 Å². The predicted molar refractivity (Wildman–Crippen MR) is 211 cm³/mol. The highest BCUT2D eigenvalue weighted by Gasteiger charge is 2.17. The molecule has 2 atom stereocenters. The van der Waals surface area contributed by atoms with E-state index >= 15 is 0 Å². The number of hydrogen-bond donors (Lipinski definition) is 3. The Balaban J connectivity index is 3.85. The van der Waals surface area contributed by atoms with Gasteiger partial charge >= 0.3 is 0 Å². The highest BCUT2D eigenvalue weighted by molar-refractivity contribution is 5.76. The first kappa shape index (κ1) is 45.0. The second kappa shape index (κ2) is 38.5. The molecule has 0 bridgehead atoms. The molecule has 0 aromatic rings. The highest BCUT2D eigenvalue weighted by Crippen LogP contribution is 2.09. The van der Waals surface area contributed by atoms with Crippen LogP contribution in [0, 0.1) is 0 Å². The summed E-state index contributed by atoms with van der Waals surface area (Å²) in [7, 11) is 0. The van der Waals surface area contributed by atoms with E-state index in [2.05, 4.69) is 116 Å². The standard InChI is InChI=1S/C44H71NO3/c1-3-5-7-9-11-13-15-17-18-19-20-21-22-23-24-25-26-28-30-32-34-36-38-40-44(48)45-42(41-46)43(47)39-37-35-33-31-29-27-16-14-12-10-8-6-4-2/h5,7,11,13,17-18,20-21,23-24,26,28-29,31-32,34,37,39,42-43,46-47H,3-4,6,8-10,12,14-16,19,22,25,27,30,33,35-36,38,40-41H2,1-2H3,(H,45,48)/b7-5-,13-11-,18-17-,21-20-,24-23-,28-26-,31-29+,34-32-,39-37+. The predicted octanol–water partition coefficient (Wildman–Crippen LogP) is 11.7. The summed E-state index contributed by atoms with van der Waals surface area (Å²) in [6.07, 6.45) is 58.9. The van der Waals surface area contributed by atoms with E-state index in [1.165, 1.54) is 44.9 Å². The van der Waals surface area contributed by atoms with E-state index in [1.54, 1.807) is 6.08 Å². The van der Waals surface area contributed by atoms with E-state index in [9.17, 15) is 15.0 Å². The molecule has 4 nitrogen and oxygen atoms in total. The van der Waals surface area contributed by atoms with Gasteiger partial charge in [0, 0.05) is 6.42 Å². The molecular weight excluding hydrogens is 590 g/mol. The van der Waals surface area contributed by atoms with Crippen LogP contribution in [-0.4, -0.2) is 34.9 Å². The smallest absolute Gasteiger partial charge is 0.220 e. The van der Waals surface area contributed by atoms with Gasteiger partial charge < -0.3 is 15.5 Å². The summed E-state index contributed by atoms with van der Waals surface area (Å²) in [6, 6.07) is -0.676. The molecule has 0 aromatic heterocycles. The molecule has 0 aliphatic heterocycles. The number of hydrogen-bond acceptors (Lipinski definition) is 3. The van der Waals surface area contributed by atoms with Gasteiger partial charge in [0.2, 0.25) is 5.91 Å². The summed E-state index contributed by atoms with van der Waals surface area (Å²) in [5, 5.41) is 22.8. The van der Waals surface area contributed by atoms with Crippen molar-refractivity contribution < 1.29 is 15.0 Å². The minimum atomic E-state index is -0.892. The average Bonchev–Trinajstić information content (AvgIpc) is 3.09. The number of carbonyl (C=O) groups is 1. The number of amides is 1. The van der Waals surface area contributed by atoms with Gasteiger partial charge in [0.05, 0.1) is 18.8 Å². The number of unbranched alkanes of at least 4 members (excludes halogenated alkanes) is 9. The third-order valence-electron chi connectivity index (χ3n) is 7.74. The Morgan fingerprint density at radius 3 is 1.46 bits per heavy atom. The van der Waals surface area contributed by atoms with Gasteiger partial charge in [-0.2, -0.15) is 0 Å². The zero-order valence-corrected chi connectivity index (χ0v) is 30.7. The van der Waals surface area contributed by atoms with Crippen LogP contribution in [0.3, 0.4) is 0 Å². The maximum atomic E-state index is 12.3. The molecule has 0 saturated carbocycles. The molecule has 0 spiro atoms. The lowest BCUT2D eigenvalue weighted by Gasteiger charge is -2.19. The van der Waals surface area contributed by atoms with Crippen LogP contribution in [0.5, 0.6) is 0 Å². The lowest BCUT2D eigenvalue weighted by molar-refractivity contribution is -0.122. The molecule has 0 aliphatic carbocycles. The maximum absolute atomic E-state index is 12.3. The van der Waals surface area contributed by atoms with Crippen molar-refractivity contribution in [3.05, 3.63) is 109 Å². The van der Waals surface area contributed by atoms with Gasteiger partial charge in [0.25, 0.3) is 0 Å². The van der Waals surface area contributed by atoms with Crippen LogP contribution in [0.1, 0.15) is 142 Å². The fourth-order valence-corrected chi connectivity index (χ4v) is 4.83. The normalized spacial score (nSPS) is 14.3. The van der Waals surface area contributed by atoms with Crippen molar-refractivity contribution in [1.29, 1.82) is 0 Å². The van der Waals surface area contributed by atoms with Gasteiger partial charge in [0.15, 0.2) is 0 Å². The minimum Gasteiger partial charge on any atom is -0.394 e. The average molecular weight is 662 g/mol. The van der Waals surface area contributed by atoms with E-state index in [0.29, 0.717) is 6.42 Å². The summed E-state index contributed by atoms with van der Waals surface area (Å²) in [4.78, 5) is 12.3. The molecule has 3 N–H and O–H groups in total. The molecule has 1 amide bonds. The monoisotopic (exact) mass is 662 g/mol. The first-order valence-electron chi connectivity index (χ1n) is 19.1. The Hall–Kier alpha value is -2.95. The van der Waals surface area contributed by atoms with E-state index in [1.807, 2.05) is 6.08 Å². The molecule has 270 valence electrons. The van der Waals surface area contributed by atoms with Crippen molar-refractivity contribution in [1.82, 2.24) is 5.32 Å². The first-order chi connectivity index (χ1) is 23.7. The van der Waals surface area contributed by atoms with Gasteiger partial charge in [-0.1, -0.05) is 162 Å². The molecular formula is C44H71NO3. The van der Waals surface area contributed by atoms with Crippen LogP contribution < -0.4 is 5.32 Å². The lowest BCUT2D eigenvalue weighted by Crippen LogP contribution is -2.45. The molecule has 0 saturated heterocycles. The van der Waals surface area contributed by atoms with Crippen LogP contribution in [0.2, 0.25) is 0 Å². The lowest BCUT2D eigenvalue weighted by atomic mass is 10.1. The number of nitrogens with one attached hydrogen (secondary N) is 1. The van der Waals surface area contributed by atoms with E-state index in [0.717, 1.165) is 77.0 Å². The third-order valence-corrected chi connectivity index (χ3v) is 7.74. The van der Waals surface area contributed by atoms with Crippen LogP contribution in [-0.2, 0) is 4.79 Å². The molecule has 0 radical (unpaired) electrons. The Morgan fingerprint density at radius 2 is 0.938 bits per heavy atom. The zero-order chi connectivity index (χ0) is 35.0. The highest BCUT2D eigenvalue weighted by atomic mass is 16.3. The van der Waals surface area contributed by atoms with Crippen molar-refractivity contribution >= 4 is 5.91 Å². The van der Waals surface area contributed by atoms with Crippen LogP contribution in [0.4, 0.5) is 0 Å². The van der Waals surface area contributed by atoms with Crippen molar-refractivity contribution in [3.8, 4) is 0 Å². The number of carbonyl (C=O) groups excluding carboxylic acids is 1. The SMILES string of the molecule is CC/C=C\C/C=C\C/C=C\C/C=C\C/C=C\C/C=C\C/C=C\CCCC(=O)NC(CO)C(O)/C=C/CC/C=C/CCCCCCCCC. The second-order valence-corrected chi connectivity index (χ2v) is 12.2. The molecule has 4 heteroatoms. The summed E-state index contributed by atoms with van der Waals surface area (Å²) in [5.41, 5.74) is 0. The molecule has 2 unspecified atom stereocenters. The Bertz CT molecular complexity index is 979. The van der Waals surface area contributed by atoms with Crippen molar-refractivity contribution in [2.45, 2.75) is 154 Å². The molecule has 0 rings (SSSR count). The van der Waals surface area contributed by atoms with Crippen LogP contribution in [0.25, 0.3) is 0 Å². The maximum Gasteiger partial charge on any atom is 0.220 e. The number of allylic oxidation sites excluding steroid dienone is 17. The van der Waals surface area contributed by atoms with Crippen molar-refractivity contribution in [3.63, 3.8) is 0 Å². The Morgan fingerprint density at radius 1 is 0.521 bits per heavy atom. The van der Waals surface area contributed by atoms with E-state index in [4.69, 9.17) is 0 Å². The van der Waals surface area contributed by atoms with Gasteiger partial charge in [0.1, 0.15) is 0 Å². The first-order valence-corrected chi connectivity index (χ1v) is 19.1. The largest absolute Gasteiger partial charge is 0.394 e. The second-order valence-electron chi connectivity index (χ2n) is 12.2. The molecule has 48 heavy (non-hydrogen) atoms. The zero-order valence-electron chi connectivity index (χ0n) is 30.7. The van der Waals surface area contributed by atoms with Crippen molar-refractivity contribution in [2.24, 2.45) is 0 Å². The Kier molecular flexibility index (Phi) is 36.1. The molecule has 0 aromatic carbocycles. The number of aliphatic hydroxyl groups is 2. The number of aliphatic hydroxyl groups excluding tert-OH is 2. The van der Waals surface area contributed by atoms with E-state index in [-0.39, 0.29) is 12.5 Å². The summed E-state index contributed by atoms with van der Waals surface area (Å²) >= 11 is 0. The fraction of sp³-hybridized carbons (Fsp3) is 0.568. The summed E-state index contributed by atoms with van der Waals surface area (Å²) < 4.78 is 0. The van der Waals surface area contributed by atoms with Gasteiger partial charge in [-0.15, -0.1) is 0 Å². The van der Waals surface area contributed by atoms with E-state index < -0.39 is 12.1 Å². The molecule has 0 heterocycles. The minimum absolute atomic E-state index is 0.139. The van der Waals surface area contributed by atoms with Crippen molar-refractivity contribution in [2.75, 3.05) is 6.61 Å². The van der Waals surface area contributed by atoms with Gasteiger partial charge in [-0.25, -0.2) is 0 Å². The fourth-order valence-electron chi connectivity index (χ4n) is 4.83. The summed E-state index contributed by atoms with van der Waals surface area (Å²) in [6.45, 7) is 4.12. The quantitative estimate of drug-likeness (QED) is 0.0496. The third kappa shape index (κ3) is 34.4. The van der Waals surface area contributed by atoms with Gasteiger partial charge in [-0.05, 0) is 83.5 Å². The summed E-state index contributed by atoms with van der Waals surface area (Å²) in [5.74, 6) is -0.139. The van der Waals surface area contributed by atoms with Gasteiger partial charge in [-0.3, -0.25) is 4.79 Å². The topological polar surface area (TPSA) is 69.6 Å². The number of rotatable bonds is 32.